The van der Waals surface area contributed by atoms with Gasteiger partial charge in [0, 0.05) is 35.8 Å². The molecule has 3 aliphatic heterocycles. The Balaban J connectivity index is 1.43. The fourth-order valence-electron chi connectivity index (χ4n) is 5.91. The Bertz CT molecular complexity index is 1250. The van der Waals surface area contributed by atoms with E-state index in [2.05, 4.69) is 15.6 Å². The van der Waals surface area contributed by atoms with Gasteiger partial charge in [-0.3, -0.25) is 14.4 Å². The fraction of sp³-hybridized carbons (Fsp3) is 0.520. The van der Waals surface area contributed by atoms with Gasteiger partial charge in [0.1, 0.15) is 23.5 Å². The van der Waals surface area contributed by atoms with Crippen LogP contribution in [-0.4, -0.2) is 65.3 Å². The van der Waals surface area contributed by atoms with Crippen molar-refractivity contribution in [1.82, 2.24) is 20.5 Å². The predicted octanol–water partition coefficient (Wildman–Crippen LogP) is 2.34. The number of halogens is 2. The van der Waals surface area contributed by atoms with Crippen LogP contribution in [0.15, 0.2) is 24.3 Å². The van der Waals surface area contributed by atoms with Gasteiger partial charge < -0.3 is 25.3 Å². The SMILES string of the molecule is COc1cccc2[nH]c(C(=O)N3[C@H]4CC[C@@H]([C@H]3C(=O)N[C@@H](C#N)C[C@H]3CCNC3=O)C(F)(F)C4)cc12. The van der Waals surface area contributed by atoms with E-state index in [-0.39, 0.29) is 24.4 Å². The zero-order valence-corrected chi connectivity index (χ0v) is 19.7. The molecule has 9 nitrogen and oxygen atoms in total. The number of carbonyl (C=O) groups is 3. The first kappa shape index (κ1) is 24.0. The van der Waals surface area contributed by atoms with Crippen LogP contribution in [0, 0.1) is 23.2 Å². The average molecular weight is 500 g/mol. The Labute approximate surface area is 206 Å². The molecule has 2 aromatic rings. The van der Waals surface area contributed by atoms with Crippen molar-refractivity contribution in [2.45, 2.75) is 56.2 Å². The maximum absolute atomic E-state index is 15.0. The lowest BCUT2D eigenvalue weighted by Gasteiger charge is -2.53. The predicted molar refractivity (Wildman–Crippen MR) is 124 cm³/mol. The van der Waals surface area contributed by atoms with E-state index in [0.29, 0.717) is 36.0 Å². The summed E-state index contributed by atoms with van der Waals surface area (Å²) >= 11 is 0. The zero-order chi connectivity index (χ0) is 25.6. The van der Waals surface area contributed by atoms with E-state index in [0.717, 1.165) is 0 Å². The number of hydrogen-bond acceptors (Lipinski definition) is 5. The zero-order valence-electron chi connectivity index (χ0n) is 19.7. The van der Waals surface area contributed by atoms with Gasteiger partial charge in [0.25, 0.3) is 11.8 Å². The molecule has 1 aliphatic carbocycles. The number of hydrogen-bond donors (Lipinski definition) is 3. The average Bonchev–Trinajstić information content (AvgIpc) is 3.48. The molecule has 4 fully saturated rings. The second kappa shape index (κ2) is 9.08. The first-order valence-corrected chi connectivity index (χ1v) is 12.1. The molecule has 36 heavy (non-hydrogen) atoms. The van der Waals surface area contributed by atoms with Crippen LogP contribution >= 0.6 is 0 Å². The van der Waals surface area contributed by atoms with Crippen LogP contribution in [-0.2, 0) is 9.59 Å². The summed E-state index contributed by atoms with van der Waals surface area (Å²) in [6.45, 7) is 0.492. The number of rotatable bonds is 6. The van der Waals surface area contributed by atoms with Crippen molar-refractivity contribution in [3.63, 3.8) is 0 Å². The number of amides is 3. The number of nitrogens with one attached hydrogen (secondary N) is 3. The van der Waals surface area contributed by atoms with Gasteiger partial charge in [-0.25, -0.2) is 8.78 Å². The molecule has 6 rings (SSSR count). The van der Waals surface area contributed by atoms with E-state index in [4.69, 9.17) is 4.74 Å². The number of carbonyl (C=O) groups excluding carboxylic acids is 3. The molecule has 3 amide bonds. The number of aromatic amines is 1. The molecule has 11 heteroatoms. The maximum atomic E-state index is 15.0. The third kappa shape index (κ3) is 4.04. The number of ether oxygens (including phenoxy) is 1. The normalized spacial score (nSPS) is 27.4. The van der Waals surface area contributed by atoms with Crippen molar-refractivity contribution in [3.05, 3.63) is 30.0 Å². The number of nitriles is 1. The van der Waals surface area contributed by atoms with Crippen molar-refractivity contribution in [1.29, 1.82) is 5.26 Å². The summed E-state index contributed by atoms with van der Waals surface area (Å²) < 4.78 is 35.3. The molecule has 4 heterocycles. The summed E-state index contributed by atoms with van der Waals surface area (Å²) in [5.74, 6) is -5.90. The van der Waals surface area contributed by atoms with Crippen LogP contribution in [0.3, 0.4) is 0 Å². The van der Waals surface area contributed by atoms with Crippen LogP contribution in [0.5, 0.6) is 5.75 Å². The third-order valence-corrected chi connectivity index (χ3v) is 7.67. The number of alkyl halides is 2. The van der Waals surface area contributed by atoms with Crippen LogP contribution < -0.4 is 15.4 Å². The highest BCUT2D eigenvalue weighted by molar-refractivity contribution is 6.02. The highest BCUT2D eigenvalue weighted by atomic mass is 19.3. The van der Waals surface area contributed by atoms with Crippen molar-refractivity contribution in [3.8, 4) is 11.8 Å². The van der Waals surface area contributed by atoms with E-state index in [1.807, 2.05) is 6.07 Å². The molecule has 190 valence electrons. The standard InChI is InChI=1S/C25H27F2N5O4/c1-36-20-4-2-3-18-16(20)10-19(31-18)24(35)32-15-5-6-17(25(26,27)11-15)21(32)23(34)30-14(12-28)9-13-7-8-29-22(13)33/h2-4,10,13-15,17,21,31H,5-9,11H2,1H3,(H,29,33)(H,30,34)/t13-,14-,15+,17+,21+/m1/s1. The minimum Gasteiger partial charge on any atom is -0.496 e. The van der Waals surface area contributed by atoms with Gasteiger partial charge in [0.05, 0.1) is 19.1 Å². The Hall–Kier alpha value is -3.68. The van der Waals surface area contributed by atoms with Crippen molar-refractivity contribution in [2.75, 3.05) is 13.7 Å². The topological polar surface area (TPSA) is 127 Å². The van der Waals surface area contributed by atoms with Gasteiger partial charge in [0.2, 0.25) is 11.8 Å². The maximum Gasteiger partial charge on any atom is 0.271 e. The third-order valence-electron chi connectivity index (χ3n) is 7.67. The molecule has 4 aliphatic rings. The Kier molecular flexibility index (Phi) is 6.06. The van der Waals surface area contributed by atoms with Crippen LogP contribution in [0.4, 0.5) is 8.78 Å². The summed E-state index contributed by atoms with van der Waals surface area (Å²) in [6, 6.07) is 5.57. The molecular formula is C25H27F2N5O4. The van der Waals surface area contributed by atoms with E-state index >= 15 is 0 Å². The molecule has 0 unspecified atom stereocenters. The number of fused-ring (bicyclic) bond motifs is 4. The molecule has 0 radical (unpaired) electrons. The lowest BCUT2D eigenvalue weighted by atomic mass is 9.71. The lowest BCUT2D eigenvalue weighted by molar-refractivity contribution is -0.179. The number of benzene rings is 1. The van der Waals surface area contributed by atoms with Gasteiger partial charge >= 0.3 is 0 Å². The molecule has 1 aromatic heterocycles. The minimum atomic E-state index is -3.11. The summed E-state index contributed by atoms with van der Waals surface area (Å²) in [5.41, 5.74) is 0.813. The van der Waals surface area contributed by atoms with E-state index < -0.39 is 54.1 Å². The van der Waals surface area contributed by atoms with Crippen molar-refractivity contribution in [2.24, 2.45) is 11.8 Å². The summed E-state index contributed by atoms with van der Waals surface area (Å²) in [6.07, 6.45) is 0.570. The number of aromatic nitrogens is 1. The van der Waals surface area contributed by atoms with Gasteiger partial charge in [-0.05, 0) is 43.9 Å². The first-order valence-electron chi connectivity index (χ1n) is 12.1. The van der Waals surface area contributed by atoms with E-state index in [9.17, 15) is 28.4 Å². The Morgan fingerprint density at radius 3 is 2.81 bits per heavy atom. The van der Waals surface area contributed by atoms with E-state index in [1.54, 1.807) is 24.3 Å². The molecule has 5 atom stereocenters. The molecule has 0 spiro atoms. The van der Waals surface area contributed by atoms with Crippen LogP contribution in [0.2, 0.25) is 0 Å². The number of methoxy groups -OCH3 is 1. The minimum absolute atomic E-state index is 0.0844. The quantitative estimate of drug-likeness (QED) is 0.562. The van der Waals surface area contributed by atoms with Crippen molar-refractivity contribution >= 4 is 28.6 Å². The summed E-state index contributed by atoms with van der Waals surface area (Å²) in [5, 5.41) is 15.5. The van der Waals surface area contributed by atoms with E-state index in [1.165, 1.54) is 12.0 Å². The molecule has 1 aromatic carbocycles. The Morgan fingerprint density at radius 1 is 1.33 bits per heavy atom. The lowest BCUT2D eigenvalue weighted by Crippen LogP contribution is -2.68. The molecule has 2 bridgehead atoms. The summed E-state index contributed by atoms with van der Waals surface area (Å²) in [4.78, 5) is 43.3. The number of H-pyrrole nitrogens is 1. The molecule has 3 N–H and O–H groups in total. The molecule has 3 saturated heterocycles. The molecule has 1 saturated carbocycles. The van der Waals surface area contributed by atoms with Gasteiger partial charge in [-0.1, -0.05) is 6.07 Å². The highest BCUT2D eigenvalue weighted by Crippen LogP contribution is 2.49. The second-order valence-electron chi connectivity index (χ2n) is 9.77. The van der Waals surface area contributed by atoms with Gasteiger partial charge in [0.15, 0.2) is 0 Å². The smallest absolute Gasteiger partial charge is 0.271 e. The molecular weight excluding hydrogens is 472 g/mol. The van der Waals surface area contributed by atoms with Crippen LogP contribution in [0.1, 0.15) is 42.6 Å². The van der Waals surface area contributed by atoms with Gasteiger partial charge in [-0.2, -0.15) is 5.26 Å². The van der Waals surface area contributed by atoms with Crippen molar-refractivity contribution < 1.29 is 27.9 Å². The summed E-state index contributed by atoms with van der Waals surface area (Å²) in [7, 11) is 1.51. The second-order valence-corrected chi connectivity index (χ2v) is 9.77. The Morgan fingerprint density at radius 2 is 2.14 bits per heavy atom. The monoisotopic (exact) mass is 499 g/mol. The first-order chi connectivity index (χ1) is 17.2. The number of nitrogens with zero attached hydrogens (tertiary/aromatic N) is 2. The van der Waals surface area contributed by atoms with Gasteiger partial charge in [-0.15, -0.1) is 0 Å². The highest BCUT2D eigenvalue weighted by Gasteiger charge is 2.60. The van der Waals surface area contributed by atoms with Crippen LogP contribution in [0.25, 0.3) is 10.9 Å². The number of piperidine rings is 2. The fourth-order valence-corrected chi connectivity index (χ4v) is 5.91. The largest absolute Gasteiger partial charge is 0.496 e.